The molecule has 0 saturated carbocycles. The van der Waals surface area contributed by atoms with Gasteiger partial charge in [0, 0.05) is 56.6 Å². The first-order valence-electron chi connectivity index (χ1n) is 9.90. The fourth-order valence-corrected chi connectivity index (χ4v) is 4.01. The lowest BCUT2D eigenvalue weighted by atomic mass is 10.1. The molecule has 0 aromatic carbocycles. The first-order valence-corrected chi connectivity index (χ1v) is 10.8. The Hall–Kier alpha value is -2.80. The molecule has 1 saturated heterocycles. The van der Waals surface area contributed by atoms with Crippen molar-refractivity contribution < 1.29 is 27.9 Å². The average molecular weight is 472 g/mol. The molecule has 2 aliphatic rings. The summed E-state index contributed by atoms with van der Waals surface area (Å²) in [6.07, 6.45) is -1.84. The third kappa shape index (κ3) is 5.91. The van der Waals surface area contributed by atoms with Gasteiger partial charge in [0.2, 0.25) is 0 Å². The van der Waals surface area contributed by atoms with Gasteiger partial charge in [0.25, 0.3) is 5.91 Å². The van der Waals surface area contributed by atoms with Crippen LogP contribution in [0, 0.1) is 0 Å². The van der Waals surface area contributed by atoms with Crippen molar-refractivity contribution in [3.05, 3.63) is 34.2 Å². The van der Waals surface area contributed by atoms with E-state index in [2.05, 4.69) is 31.8 Å². The van der Waals surface area contributed by atoms with E-state index < -0.39 is 12.1 Å². The van der Waals surface area contributed by atoms with E-state index >= 15 is 0 Å². The molecule has 9 nitrogen and oxygen atoms in total. The van der Waals surface area contributed by atoms with Gasteiger partial charge in [-0.05, 0) is 13.5 Å². The number of thiazole rings is 1. The zero-order chi connectivity index (χ0) is 23.3. The van der Waals surface area contributed by atoms with E-state index in [1.807, 2.05) is 10.3 Å². The highest BCUT2D eigenvalue weighted by Crippen LogP contribution is 2.25. The second-order valence-corrected chi connectivity index (χ2v) is 8.10. The van der Waals surface area contributed by atoms with Gasteiger partial charge in [-0.2, -0.15) is 13.2 Å². The first kappa shape index (κ1) is 23.9. The van der Waals surface area contributed by atoms with E-state index in [-0.39, 0.29) is 5.91 Å². The molecule has 4 heterocycles. The van der Waals surface area contributed by atoms with Gasteiger partial charge >= 0.3 is 12.1 Å². The van der Waals surface area contributed by atoms with Crippen molar-refractivity contribution >= 4 is 29.0 Å². The summed E-state index contributed by atoms with van der Waals surface area (Å²) in [6.45, 7) is 5.45. The van der Waals surface area contributed by atoms with E-state index in [0.29, 0.717) is 18.8 Å². The highest BCUT2D eigenvalue weighted by Gasteiger charge is 2.38. The number of carbonyl (C=O) groups is 2. The molecule has 13 heteroatoms. The standard InChI is InChI=1S/C17H22N6OS.C2HF3O2/c1-21-6-8-22(9-7-21)16-13-2-4-23(5-3-14(13)18-11-19-16)17(24)15-10-25-12-20-15;3-2(4,5)1(6)7/h10-12H,2-9H2,1H3;(H,6,7). The van der Waals surface area contributed by atoms with E-state index in [0.717, 1.165) is 50.5 Å². The van der Waals surface area contributed by atoms with E-state index in [4.69, 9.17) is 9.90 Å². The second kappa shape index (κ2) is 10.2. The lowest BCUT2D eigenvalue weighted by Crippen LogP contribution is -2.45. The maximum atomic E-state index is 12.6. The van der Waals surface area contributed by atoms with Crippen molar-refractivity contribution in [2.24, 2.45) is 0 Å². The van der Waals surface area contributed by atoms with Gasteiger partial charge in [-0.3, -0.25) is 4.79 Å². The lowest BCUT2D eigenvalue weighted by Gasteiger charge is -2.34. The molecule has 2 aliphatic heterocycles. The number of carboxylic acids is 1. The van der Waals surface area contributed by atoms with E-state index in [9.17, 15) is 18.0 Å². The molecule has 1 amide bonds. The average Bonchev–Trinajstić information content (AvgIpc) is 3.20. The molecule has 0 spiro atoms. The van der Waals surface area contributed by atoms with E-state index in [1.165, 1.54) is 16.9 Å². The molecule has 2 aromatic heterocycles. The Labute approximate surface area is 186 Å². The summed E-state index contributed by atoms with van der Waals surface area (Å²) in [5.41, 5.74) is 4.54. The zero-order valence-corrected chi connectivity index (χ0v) is 18.2. The minimum atomic E-state index is -5.08. The summed E-state index contributed by atoms with van der Waals surface area (Å²) in [7, 11) is 2.15. The summed E-state index contributed by atoms with van der Waals surface area (Å²) in [6, 6.07) is 0. The number of rotatable bonds is 2. The Kier molecular flexibility index (Phi) is 7.61. The van der Waals surface area contributed by atoms with Crippen LogP contribution in [0.15, 0.2) is 17.2 Å². The number of aliphatic carboxylic acids is 1. The van der Waals surface area contributed by atoms with Crippen LogP contribution in [0.25, 0.3) is 0 Å². The maximum absolute atomic E-state index is 12.6. The van der Waals surface area contributed by atoms with Crippen molar-refractivity contribution in [3.8, 4) is 0 Å². The van der Waals surface area contributed by atoms with Crippen LogP contribution in [0.2, 0.25) is 0 Å². The molecule has 1 N–H and O–H groups in total. The van der Waals surface area contributed by atoms with Crippen LogP contribution in [0.4, 0.5) is 19.0 Å². The van der Waals surface area contributed by atoms with Crippen molar-refractivity contribution in [1.29, 1.82) is 0 Å². The molecular formula is C19H23F3N6O3S. The van der Waals surface area contributed by atoms with Crippen molar-refractivity contribution in [1.82, 2.24) is 24.8 Å². The molecule has 0 unspecified atom stereocenters. The quantitative estimate of drug-likeness (QED) is 0.703. The summed E-state index contributed by atoms with van der Waals surface area (Å²) in [5, 5.41) is 8.94. The number of carbonyl (C=O) groups excluding carboxylic acids is 1. The molecule has 0 aliphatic carbocycles. The highest BCUT2D eigenvalue weighted by atomic mass is 32.1. The number of piperazine rings is 1. The third-order valence-electron chi connectivity index (χ3n) is 5.25. The normalized spacial score (nSPS) is 17.1. The van der Waals surface area contributed by atoms with Crippen LogP contribution >= 0.6 is 11.3 Å². The number of nitrogens with zero attached hydrogens (tertiary/aromatic N) is 6. The van der Waals surface area contributed by atoms with Gasteiger partial charge < -0.3 is 19.8 Å². The van der Waals surface area contributed by atoms with Crippen LogP contribution in [0.1, 0.15) is 21.7 Å². The fraction of sp³-hybridized carbons (Fsp3) is 0.526. The molecule has 32 heavy (non-hydrogen) atoms. The molecule has 0 bridgehead atoms. The van der Waals surface area contributed by atoms with Gasteiger partial charge in [0.1, 0.15) is 17.8 Å². The predicted molar refractivity (Wildman–Crippen MR) is 111 cm³/mol. The number of likely N-dealkylation sites (N-methyl/N-ethyl adjacent to an activating group) is 1. The number of aromatic nitrogens is 3. The van der Waals surface area contributed by atoms with Crippen LogP contribution < -0.4 is 4.90 Å². The van der Waals surface area contributed by atoms with Gasteiger partial charge in [-0.15, -0.1) is 11.3 Å². The molecule has 4 rings (SSSR count). The number of halogens is 3. The smallest absolute Gasteiger partial charge is 0.475 e. The summed E-state index contributed by atoms with van der Waals surface area (Å²) >= 11 is 1.45. The number of fused-ring (bicyclic) bond motifs is 1. The molecule has 174 valence electrons. The number of hydrogen-bond acceptors (Lipinski definition) is 8. The van der Waals surface area contributed by atoms with Gasteiger partial charge in [-0.1, -0.05) is 0 Å². The fourth-order valence-electron chi connectivity index (χ4n) is 3.48. The number of alkyl halides is 3. The van der Waals surface area contributed by atoms with Crippen LogP contribution in [0.3, 0.4) is 0 Å². The summed E-state index contributed by atoms with van der Waals surface area (Å²) in [5.74, 6) is -1.68. The highest BCUT2D eigenvalue weighted by molar-refractivity contribution is 7.07. The molecule has 1 fully saturated rings. The Morgan fingerprint density at radius 1 is 1.03 bits per heavy atom. The predicted octanol–water partition coefficient (Wildman–Crippen LogP) is 1.56. The van der Waals surface area contributed by atoms with Crippen molar-refractivity contribution in [2.45, 2.75) is 19.0 Å². The van der Waals surface area contributed by atoms with Crippen molar-refractivity contribution in [2.75, 3.05) is 51.2 Å². The maximum Gasteiger partial charge on any atom is 0.490 e. The Morgan fingerprint density at radius 2 is 1.69 bits per heavy atom. The zero-order valence-electron chi connectivity index (χ0n) is 17.4. The number of carboxylic acid groups (broad SMARTS) is 1. The monoisotopic (exact) mass is 472 g/mol. The van der Waals surface area contributed by atoms with Crippen LogP contribution in [-0.2, 0) is 17.6 Å². The van der Waals surface area contributed by atoms with Gasteiger partial charge in [0.05, 0.1) is 11.2 Å². The number of anilines is 1. The minimum Gasteiger partial charge on any atom is -0.475 e. The number of amides is 1. The molecular weight excluding hydrogens is 449 g/mol. The van der Waals surface area contributed by atoms with E-state index in [1.54, 1.807) is 11.8 Å². The first-order chi connectivity index (χ1) is 15.2. The van der Waals surface area contributed by atoms with Gasteiger partial charge in [-0.25, -0.2) is 19.7 Å². The summed E-state index contributed by atoms with van der Waals surface area (Å²) in [4.78, 5) is 41.3. The number of hydrogen-bond donors (Lipinski definition) is 1. The molecule has 2 aromatic rings. The largest absolute Gasteiger partial charge is 0.490 e. The SMILES string of the molecule is CN1CCN(c2ncnc3c2CCN(C(=O)c2cscn2)CC3)CC1.O=C(O)C(F)(F)F. The van der Waals surface area contributed by atoms with Crippen LogP contribution in [-0.4, -0.2) is 94.2 Å². The minimum absolute atomic E-state index is 0.0168. The molecule has 0 atom stereocenters. The van der Waals surface area contributed by atoms with Crippen molar-refractivity contribution in [3.63, 3.8) is 0 Å². The Morgan fingerprint density at radius 3 is 2.28 bits per heavy atom. The lowest BCUT2D eigenvalue weighted by molar-refractivity contribution is -0.192. The third-order valence-corrected chi connectivity index (χ3v) is 5.83. The topological polar surface area (TPSA) is 103 Å². The summed E-state index contributed by atoms with van der Waals surface area (Å²) < 4.78 is 31.7. The second-order valence-electron chi connectivity index (χ2n) is 7.38. The Balaban J connectivity index is 0.000000360. The van der Waals surface area contributed by atoms with Gasteiger partial charge in [0.15, 0.2) is 0 Å². The van der Waals surface area contributed by atoms with Crippen LogP contribution in [0.5, 0.6) is 0 Å². The molecule has 0 radical (unpaired) electrons. The Bertz CT molecular complexity index is 933.